The van der Waals surface area contributed by atoms with E-state index < -0.39 is 12.1 Å². The number of nitrogens with two attached hydrogens (primary N) is 1. The maximum atomic E-state index is 11.8. The number of rotatable bonds is 9. The SMILES string of the molecule is COc1ccc(CCCn2nc(C)c(NC(O)c3cc(C(N)=O)nc4ccccc34)c2C)cc1. The number of aromatic nitrogens is 3. The van der Waals surface area contributed by atoms with Crippen LogP contribution in [0.15, 0.2) is 54.6 Å². The molecule has 176 valence electrons. The summed E-state index contributed by atoms with van der Waals surface area (Å²) in [6.45, 7) is 4.63. The molecule has 4 rings (SSSR count). The molecule has 0 saturated heterocycles. The molecule has 0 saturated carbocycles. The second-order valence-corrected chi connectivity index (χ2v) is 8.25. The third-order valence-corrected chi connectivity index (χ3v) is 5.95. The van der Waals surface area contributed by atoms with Crippen LogP contribution >= 0.6 is 0 Å². The zero-order valence-electron chi connectivity index (χ0n) is 19.6. The lowest BCUT2D eigenvalue weighted by molar-refractivity contribution is 0.0995. The number of nitrogens with zero attached hydrogens (tertiary/aromatic N) is 3. The van der Waals surface area contributed by atoms with Gasteiger partial charge in [0.25, 0.3) is 5.91 Å². The van der Waals surface area contributed by atoms with E-state index in [0.29, 0.717) is 11.1 Å². The molecule has 2 aromatic heterocycles. The van der Waals surface area contributed by atoms with Gasteiger partial charge in [0.2, 0.25) is 0 Å². The molecule has 8 heteroatoms. The van der Waals surface area contributed by atoms with Crippen LogP contribution in [0.25, 0.3) is 10.9 Å². The maximum absolute atomic E-state index is 11.8. The fraction of sp³-hybridized carbons (Fsp3) is 0.269. The Morgan fingerprint density at radius 3 is 2.62 bits per heavy atom. The molecule has 4 N–H and O–H groups in total. The maximum Gasteiger partial charge on any atom is 0.267 e. The van der Waals surface area contributed by atoms with E-state index in [2.05, 4.69) is 27.5 Å². The summed E-state index contributed by atoms with van der Waals surface area (Å²) >= 11 is 0. The lowest BCUT2D eigenvalue weighted by Crippen LogP contribution is -2.17. The highest BCUT2D eigenvalue weighted by Crippen LogP contribution is 2.29. The van der Waals surface area contributed by atoms with Gasteiger partial charge in [0.15, 0.2) is 6.23 Å². The predicted octanol–water partition coefficient (Wildman–Crippen LogP) is 3.89. The van der Waals surface area contributed by atoms with Crippen molar-refractivity contribution in [3.8, 4) is 5.75 Å². The van der Waals surface area contributed by atoms with E-state index >= 15 is 0 Å². The molecular weight excluding hydrogens is 430 g/mol. The summed E-state index contributed by atoms with van der Waals surface area (Å²) in [5.41, 5.74) is 10.4. The highest BCUT2D eigenvalue weighted by molar-refractivity contribution is 5.95. The van der Waals surface area contributed by atoms with E-state index in [9.17, 15) is 9.90 Å². The van der Waals surface area contributed by atoms with E-state index in [4.69, 9.17) is 10.5 Å². The van der Waals surface area contributed by atoms with Gasteiger partial charge < -0.3 is 20.9 Å². The van der Waals surface area contributed by atoms with Crippen LogP contribution in [0, 0.1) is 13.8 Å². The van der Waals surface area contributed by atoms with Gasteiger partial charge in [-0.2, -0.15) is 5.10 Å². The molecule has 1 amide bonds. The van der Waals surface area contributed by atoms with E-state index in [1.54, 1.807) is 13.2 Å². The Hall–Kier alpha value is -3.91. The first-order valence-electron chi connectivity index (χ1n) is 11.2. The molecule has 1 atom stereocenters. The Bertz CT molecular complexity index is 1310. The molecule has 2 aromatic carbocycles. The Morgan fingerprint density at radius 2 is 1.91 bits per heavy atom. The number of carbonyl (C=O) groups excluding carboxylic acids is 1. The fourth-order valence-electron chi connectivity index (χ4n) is 4.12. The molecular formula is C26H29N5O3. The van der Waals surface area contributed by atoms with E-state index in [0.717, 1.165) is 47.6 Å². The Kier molecular flexibility index (Phi) is 6.79. The van der Waals surface area contributed by atoms with Gasteiger partial charge in [-0.15, -0.1) is 0 Å². The molecule has 0 aliphatic rings. The Balaban J connectivity index is 1.51. The lowest BCUT2D eigenvalue weighted by atomic mass is 10.1. The number of methoxy groups -OCH3 is 1. The number of carbonyl (C=O) groups is 1. The van der Waals surface area contributed by atoms with Crippen molar-refractivity contribution in [2.45, 2.75) is 39.5 Å². The summed E-state index contributed by atoms with van der Waals surface area (Å²) in [5.74, 6) is 0.206. The minimum Gasteiger partial charge on any atom is -0.497 e. The molecule has 2 heterocycles. The molecule has 0 bridgehead atoms. The van der Waals surface area contributed by atoms with Crippen molar-refractivity contribution >= 4 is 22.5 Å². The minimum atomic E-state index is -1.07. The van der Waals surface area contributed by atoms with Gasteiger partial charge in [0.05, 0.1) is 29.7 Å². The second-order valence-electron chi connectivity index (χ2n) is 8.25. The topological polar surface area (TPSA) is 115 Å². The quantitative estimate of drug-likeness (QED) is 0.327. The number of amides is 1. The first-order valence-corrected chi connectivity index (χ1v) is 11.2. The summed E-state index contributed by atoms with van der Waals surface area (Å²) in [6, 6.07) is 16.9. The van der Waals surface area contributed by atoms with E-state index in [1.807, 2.05) is 48.9 Å². The van der Waals surface area contributed by atoms with Crippen LogP contribution in [0.3, 0.4) is 0 Å². The van der Waals surface area contributed by atoms with Crippen LogP contribution in [0.4, 0.5) is 5.69 Å². The van der Waals surface area contributed by atoms with Gasteiger partial charge in [0.1, 0.15) is 11.4 Å². The van der Waals surface area contributed by atoms with Gasteiger partial charge in [-0.25, -0.2) is 4.98 Å². The molecule has 0 fully saturated rings. The average molecular weight is 460 g/mol. The van der Waals surface area contributed by atoms with Crippen LogP contribution in [0.2, 0.25) is 0 Å². The number of benzene rings is 2. The molecule has 8 nitrogen and oxygen atoms in total. The fourth-order valence-corrected chi connectivity index (χ4v) is 4.12. The highest BCUT2D eigenvalue weighted by atomic mass is 16.5. The van der Waals surface area contributed by atoms with Gasteiger partial charge in [-0.05, 0) is 56.5 Å². The van der Waals surface area contributed by atoms with Gasteiger partial charge in [0, 0.05) is 17.5 Å². The number of pyridine rings is 1. The number of fused-ring (bicyclic) bond motifs is 1. The molecule has 4 aromatic rings. The number of hydrogen-bond donors (Lipinski definition) is 3. The first-order chi connectivity index (χ1) is 16.4. The Labute approximate surface area is 198 Å². The number of aliphatic hydroxyl groups excluding tert-OH is 1. The number of para-hydroxylation sites is 1. The number of ether oxygens (including phenoxy) is 1. The normalized spacial score (nSPS) is 12.0. The number of aryl methyl sites for hydroxylation is 3. The zero-order valence-corrected chi connectivity index (χ0v) is 19.6. The van der Waals surface area contributed by atoms with Crippen molar-refractivity contribution in [1.82, 2.24) is 14.8 Å². The molecule has 0 radical (unpaired) electrons. The molecule has 1 unspecified atom stereocenters. The van der Waals surface area contributed by atoms with E-state index in [-0.39, 0.29) is 5.69 Å². The molecule has 34 heavy (non-hydrogen) atoms. The lowest BCUT2D eigenvalue weighted by Gasteiger charge is -2.17. The first kappa shape index (κ1) is 23.3. The summed E-state index contributed by atoms with van der Waals surface area (Å²) in [6.07, 6.45) is 0.778. The van der Waals surface area contributed by atoms with Crippen LogP contribution < -0.4 is 15.8 Å². The van der Waals surface area contributed by atoms with Crippen molar-refractivity contribution in [3.63, 3.8) is 0 Å². The summed E-state index contributed by atoms with van der Waals surface area (Å²) < 4.78 is 7.16. The summed E-state index contributed by atoms with van der Waals surface area (Å²) in [7, 11) is 1.66. The van der Waals surface area contributed by atoms with Crippen molar-refractivity contribution in [2.24, 2.45) is 5.73 Å². The monoisotopic (exact) mass is 459 g/mol. The van der Waals surface area contributed by atoms with Crippen molar-refractivity contribution < 1.29 is 14.6 Å². The van der Waals surface area contributed by atoms with Crippen molar-refractivity contribution in [3.05, 3.63) is 82.8 Å². The number of aliphatic hydroxyl groups is 1. The number of primary amides is 1. The third-order valence-electron chi connectivity index (χ3n) is 5.95. The third kappa shape index (κ3) is 4.87. The van der Waals surface area contributed by atoms with Crippen LogP contribution in [0.1, 0.15) is 45.7 Å². The summed E-state index contributed by atoms with van der Waals surface area (Å²) in [4.78, 5) is 16.1. The molecule has 0 aliphatic heterocycles. The number of anilines is 1. The largest absolute Gasteiger partial charge is 0.497 e. The molecule has 0 aliphatic carbocycles. The number of hydrogen-bond acceptors (Lipinski definition) is 6. The molecule has 0 spiro atoms. The van der Waals surface area contributed by atoms with Gasteiger partial charge in [-0.3, -0.25) is 9.48 Å². The number of nitrogens with one attached hydrogen (secondary N) is 1. The van der Waals surface area contributed by atoms with Gasteiger partial charge in [-0.1, -0.05) is 30.3 Å². The predicted molar refractivity (Wildman–Crippen MR) is 132 cm³/mol. The minimum absolute atomic E-state index is 0.109. The standard InChI is InChI=1S/C26H29N5O3/c1-16-24(17(2)31(30-16)14-6-7-18-10-12-19(34-3)13-11-18)29-26(33)21-15-23(25(27)32)28-22-9-5-4-8-20(21)22/h4-5,8-13,15,26,29,33H,6-7,14H2,1-3H3,(H2,27,32). The Morgan fingerprint density at radius 1 is 1.18 bits per heavy atom. The van der Waals surface area contributed by atoms with Crippen molar-refractivity contribution in [2.75, 3.05) is 12.4 Å². The highest BCUT2D eigenvalue weighted by Gasteiger charge is 2.19. The van der Waals surface area contributed by atoms with Crippen LogP contribution in [-0.4, -0.2) is 32.9 Å². The second kappa shape index (κ2) is 9.93. The smallest absolute Gasteiger partial charge is 0.267 e. The van der Waals surface area contributed by atoms with Crippen molar-refractivity contribution in [1.29, 1.82) is 0 Å². The van der Waals surface area contributed by atoms with Gasteiger partial charge >= 0.3 is 0 Å². The van der Waals surface area contributed by atoms with Crippen LogP contribution in [0.5, 0.6) is 5.75 Å². The summed E-state index contributed by atoms with van der Waals surface area (Å²) in [5, 5.41) is 19.6. The zero-order chi connectivity index (χ0) is 24.2. The van der Waals surface area contributed by atoms with E-state index in [1.165, 1.54) is 11.6 Å². The van der Waals surface area contributed by atoms with Crippen LogP contribution in [-0.2, 0) is 13.0 Å². The average Bonchev–Trinajstić information content (AvgIpc) is 3.11.